The fourth-order valence-corrected chi connectivity index (χ4v) is 4.38. The Morgan fingerprint density at radius 2 is 1.82 bits per heavy atom. The molecule has 3 N–H and O–H groups in total. The number of nitrogens with one attached hydrogen (secondary N) is 3. The number of hydrogen-bond donors (Lipinski definition) is 3. The van der Waals surface area contributed by atoms with E-state index in [1.807, 2.05) is 54.3 Å². The van der Waals surface area contributed by atoms with Crippen molar-refractivity contribution in [3.63, 3.8) is 0 Å². The molecule has 0 saturated carbocycles. The van der Waals surface area contributed by atoms with Crippen molar-refractivity contribution < 1.29 is 14.4 Å². The zero-order valence-electron chi connectivity index (χ0n) is 15.8. The minimum absolute atomic E-state index is 0.0246. The summed E-state index contributed by atoms with van der Waals surface area (Å²) in [5.41, 5.74) is 1.66. The lowest BCUT2D eigenvalue weighted by atomic mass is 9.76. The van der Waals surface area contributed by atoms with Gasteiger partial charge < -0.3 is 15.2 Å². The summed E-state index contributed by atoms with van der Waals surface area (Å²) < 4.78 is 0. The smallest absolute Gasteiger partial charge is 0.322 e. The van der Waals surface area contributed by atoms with Crippen LogP contribution in [0.5, 0.6) is 0 Å². The van der Waals surface area contributed by atoms with E-state index in [0.717, 1.165) is 11.3 Å². The van der Waals surface area contributed by atoms with Gasteiger partial charge in [0.05, 0.1) is 0 Å². The summed E-state index contributed by atoms with van der Waals surface area (Å²) in [5, 5.41) is 5.18. The summed E-state index contributed by atoms with van der Waals surface area (Å²) in [4.78, 5) is 41.9. The van der Waals surface area contributed by atoms with Crippen molar-refractivity contribution in [2.45, 2.75) is 31.7 Å². The Hall–Kier alpha value is -3.09. The molecule has 1 aromatic heterocycles. The number of aromatic amines is 1. The lowest BCUT2D eigenvalue weighted by Crippen LogP contribution is -2.56. The van der Waals surface area contributed by atoms with Crippen LogP contribution in [0.3, 0.4) is 0 Å². The maximum atomic E-state index is 12.9. The first-order valence-corrected chi connectivity index (χ1v) is 9.71. The summed E-state index contributed by atoms with van der Waals surface area (Å²) in [6, 6.07) is 13.2. The average Bonchev–Trinajstić information content (AvgIpc) is 3.33. The zero-order valence-corrected chi connectivity index (χ0v) is 15.8. The van der Waals surface area contributed by atoms with Crippen LogP contribution >= 0.6 is 0 Å². The molecule has 1 atom stereocenters. The first kappa shape index (κ1) is 18.3. The molecule has 0 aliphatic carbocycles. The van der Waals surface area contributed by atoms with Crippen LogP contribution in [-0.2, 0) is 4.79 Å². The second-order valence-electron chi connectivity index (χ2n) is 7.45. The summed E-state index contributed by atoms with van der Waals surface area (Å²) in [6.07, 6.45) is 1.90. The molecule has 0 radical (unpaired) electrons. The lowest BCUT2D eigenvalue weighted by molar-refractivity contribution is -0.126. The van der Waals surface area contributed by atoms with E-state index in [9.17, 15) is 14.4 Å². The fourth-order valence-electron chi connectivity index (χ4n) is 4.38. The van der Waals surface area contributed by atoms with Crippen LogP contribution in [0.25, 0.3) is 11.3 Å². The number of H-pyrrole nitrogens is 1. The van der Waals surface area contributed by atoms with E-state index >= 15 is 0 Å². The number of urea groups is 1. The SMILES string of the molecule is CC[C@@]1(C2CCN(C(=O)c3ccc(-c4ccccc4)[nH]3)CC2)NC(=O)NC1=O. The molecule has 0 bridgehead atoms. The molecule has 7 heteroatoms. The molecular weight excluding hydrogens is 356 g/mol. The third-order valence-electron chi connectivity index (χ3n) is 6.01. The van der Waals surface area contributed by atoms with Gasteiger partial charge in [0, 0.05) is 18.8 Å². The number of aromatic nitrogens is 1. The third-order valence-corrected chi connectivity index (χ3v) is 6.01. The van der Waals surface area contributed by atoms with Crippen molar-refractivity contribution in [3.05, 3.63) is 48.2 Å². The van der Waals surface area contributed by atoms with E-state index < -0.39 is 11.6 Å². The van der Waals surface area contributed by atoms with Crippen LogP contribution in [-0.4, -0.2) is 46.4 Å². The van der Waals surface area contributed by atoms with Crippen LogP contribution in [0.15, 0.2) is 42.5 Å². The first-order valence-electron chi connectivity index (χ1n) is 9.71. The largest absolute Gasteiger partial charge is 0.351 e. The van der Waals surface area contributed by atoms with Crippen molar-refractivity contribution in [1.82, 2.24) is 20.5 Å². The lowest BCUT2D eigenvalue weighted by Gasteiger charge is -2.40. The van der Waals surface area contributed by atoms with Crippen molar-refractivity contribution in [1.29, 1.82) is 0 Å². The van der Waals surface area contributed by atoms with Crippen molar-refractivity contribution in [3.8, 4) is 11.3 Å². The fraction of sp³-hybridized carbons (Fsp3) is 0.381. The number of piperidine rings is 1. The number of carbonyl (C=O) groups excluding carboxylic acids is 3. The molecule has 7 nitrogen and oxygen atoms in total. The van der Waals surface area contributed by atoms with E-state index in [2.05, 4.69) is 15.6 Å². The second-order valence-corrected chi connectivity index (χ2v) is 7.45. The molecular formula is C21H24N4O3. The highest BCUT2D eigenvalue weighted by atomic mass is 16.2. The summed E-state index contributed by atoms with van der Waals surface area (Å²) >= 11 is 0. The summed E-state index contributed by atoms with van der Waals surface area (Å²) in [6.45, 7) is 3.04. The number of likely N-dealkylation sites (tertiary alicyclic amines) is 1. The van der Waals surface area contributed by atoms with Crippen LogP contribution < -0.4 is 10.6 Å². The van der Waals surface area contributed by atoms with E-state index in [1.54, 1.807) is 0 Å². The molecule has 3 heterocycles. The Labute approximate surface area is 163 Å². The Morgan fingerprint density at radius 1 is 1.11 bits per heavy atom. The van der Waals surface area contributed by atoms with Crippen molar-refractivity contribution >= 4 is 17.8 Å². The third kappa shape index (κ3) is 3.06. The van der Waals surface area contributed by atoms with Crippen LogP contribution in [0.2, 0.25) is 0 Å². The van der Waals surface area contributed by atoms with E-state index in [-0.39, 0.29) is 17.7 Å². The molecule has 0 unspecified atom stereocenters. The van der Waals surface area contributed by atoms with Crippen LogP contribution in [0, 0.1) is 5.92 Å². The van der Waals surface area contributed by atoms with Gasteiger partial charge in [0.15, 0.2) is 0 Å². The minimum atomic E-state index is -0.848. The number of nitrogens with zero attached hydrogens (tertiary/aromatic N) is 1. The molecule has 2 saturated heterocycles. The number of imide groups is 1. The highest BCUT2D eigenvalue weighted by Gasteiger charge is 2.51. The monoisotopic (exact) mass is 380 g/mol. The van der Waals surface area contributed by atoms with Gasteiger partial charge in [0.25, 0.3) is 11.8 Å². The predicted molar refractivity (Wildman–Crippen MR) is 105 cm³/mol. The Bertz CT molecular complexity index is 899. The van der Waals surface area contributed by atoms with Gasteiger partial charge in [-0.15, -0.1) is 0 Å². The van der Waals surface area contributed by atoms with Crippen molar-refractivity contribution in [2.75, 3.05) is 13.1 Å². The predicted octanol–water partition coefficient (Wildman–Crippen LogP) is 2.52. The maximum Gasteiger partial charge on any atom is 0.322 e. The van der Waals surface area contributed by atoms with E-state index in [4.69, 9.17) is 0 Å². The first-order chi connectivity index (χ1) is 13.5. The van der Waals surface area contributed by atoms with Gasteiger partial charge in [0.1, 0.15) is 11.2 Å². The van der Waals surface area contributed by atoms with Gasteiger partial charge in [0.2, 0.25) is 0 Å². The quantitative estimate of drug-likeness (QED) is 0.712. The highest BCUT2D eigenvalue weighted by molar-refractivity contribution is 6.07. The van der Waals surface area contributed by atoms with Gasteiger partial charge in [-0.25, -0.2) is 4.79 Å². The highest BCUT2D eigenvalue weighted by Crippen LogP contribution is 2.34. The number of hydrogen-bond acceptors (Lipinski definition) is 3. The number of carbonyl (C=O) groups is 3. The number of amides is 4. The topological polar surface area (TPSA) is 94.3 Å². The molecule has 146 valence electrons. The maximum absolute atomic E-state index is 12.9. The van der Waals surface area contributed by atoms with E-state index in [1.165, 1.54) is 0 Å². The van der Waals surface area contributed by atoms with E-state index in [0.29, 0.717) is 38.0 Å². The molecule has 2 aliphatic rings. The van der Waals surface area contributed by atoms with Gasteiger partial charge in [-0.3, -0.25) is 14.9 Å². The molecule has 1 aromatic carbocycles. The van der Waals surface area contributed by atoms with Gasteiger partial charge >= 0.3 is 6.03 Å². The Morgan fingerprint density at radius 3 is 2.43 bits per heavy atom. The molecule has 2 aliphatic heterocycles. The molecule has 28 heavy (non-hydrogen) atoms. The molecule has 0 spiro atoms. The Balaban J connectivity index is 1.43. The summed E-state index contributed by atoms with van der Waals surface area (Å²) in [5.74, 6) is -0.260. The standard InChI is InChI=1S/C21H24N4O3/c1-2-21(19(27)23-20(28)24-21)15-10-12-25(13-11-15)18(26)17-9-8-16(22-17)14-6-4-3-5-7-14/h3-9,15,22H,2,10-13H2,1H3,(H2,23,24,27,28)/t21-/m0/s1. The average molecular weight is 380 g/mol. The van der Waals surface area contributed by atoms with Gasteiger partial charge in [-0.1, -0.05) is 37.3 Å². The second kappa shape index (κ2) is 7.14. The number of rotatable bonds is 4. The van der Waals surface area contributed by atoms with Gasteiger partial charge in [-0.2, -0.15) is 0 Å². The molecule has 2 aromatic rings. The number of benzene rings is 1. The van der Waals surface area contributed by atoms with Crippen LogP contribution in [0.1, 0.15) is 36.7 Å². The van der Waals surface area contributed by atoms with Crippen molar-refractivity contribution in [2.24, 2.45) is 5.92 Å². The van der Waals surface area contributed by atoms with Gasteiger partial charge in [-0.05, 0) is 42.9 Å². The molecule has 2 fully saturated rings. The Kier molecular flexibility index (Phi) is 4.66. The molecule has 4 amide bonds. The minimum Gasteiger partial charge on any atom is -0.351 e. The van der Waals surface area contributed by atoms with Crippen LogP contribution in [0.4, 0.5) is 4.79 Å². The zero-order chi connectivity index (χ0) is 19.7. The normalized spacial score (nSPS) is 22.8. The molecule has 4 rings (SSSR count). The summed E-state index contributed by atoms with van der Waals surface area (Å²) in [7, 11) is 0.